The number of amides is 1. The van der Waals surface area contributed by atoms with E-state index in [1.807, 2.05) is 17.0 Å². The maximum atomic E-state index is 12.7. The molecule has 2 aromatic heterocycles. The molecule has 8 heteroatoms. The van der Waals surface area contributed by atoms with Gasteiger partial charge in [0.15, 0.2) is 0 Å². The van der Waals surface area contributed by atoms with E-state index in [0.29, 0.717) is 44.4 Å². The highest BCUT2D eigenvalue weighted by molar-refractivity contribution is 5.93. The van der Waals surface area contributed by atoms with E-state index >= 15 is 0 Å². The molecule has 26 heavy (non-hydrogen) atoms. The van der Waals surface area contributed by atoms with Gasteiger partial charge < -0.3 is 19.9 Å². The van der Waals surface area contributed by atoms with Crippen LogP contribution < -0.4 is 10.2 Å². The van der Waals surface area contributed by atoms with Crippen LogP contribution in [0.3, 0.4) is 0 Å². The van der Waals surface area contributed by atoms with E-state index in [1.165, 1.54) is 0 Å². The zero-order valence-corrected chi connectivity index (χ0v) is 15.0. The highest BCUT2D eigenvalue weighted by Crippen LogP contribution is 2.14. The van der Waals surface area contributed by atoms with Crippen LogP contribution in [0.5, 0.6) is 0 Å². The molecule has 0 saturated carbocycles. The Kier molecular flexibility index (Phi) is 6.32. The molecule has 3 heterocycles. The van der Waals surface area contributed by atoms with Crippen molar-refractivity contribution in [2.75, 3.05) is 56.7 Å². The van der Waals surface area contributed by atoms with Crippen LogP contribution in [0.25, 0.3) is 0 Å². The molecule has 0 aromatic carbocycles. The van der Waals surface area contributed by atoms with Crippen LogP contribution in [0.15, 0.2) is 36.8 Å². The molecule has 0 bridgehead atoms. The van der Waals surface area contributed by atoms with Crippen molar-refractivity contribution in [1.82, 2.24) is 19.9 Å². The van der Waals surface area contributed by atoms with Crippen LogP contribution in [0.1, 0.15) is 16.9 Å². The predicted octanol–water partition coefficient (Wildman–Crippen LogP) is 1.28. The van der Waals surface area contributed by atoms with Crippen molar-refractivity contribution < 1.29 is 9.53 Å². The van der Waals surface area contributed by atoms with Gasteiger partial charge in [0.2, 0.25) is 5.95 Å². The standard InChI is InChI=1S/C18H24N6O2/c1-26-13-3-7-19-15-4-8-20-16(14-15)17(25)23-9-11-24(12-10-23)18-21-5-2-6-22-18/h2,4-6,8,14H,3,7,9-13H2,1H3,(H,19,20). The fourth-order valence-electron chi connectivity index (χ4n) is 2.83. The molecule has 0 unspecified atom stereocenters. The van der Waals surface area contributed by atoms with Crippen molar-refractivity contribution >= 4 is 17.5 Å². The molecule has 0 atom stereocenters. The molecule has 1 N–H and O–H groups in total. The molecule has 1 amide bonds. The lowest BCUT2D eigenvalue weighted by Gasteiger charge is -2.34. The second-order valence-electron chi connectivity index (χ2n) is 6.03. The van der Waals surface area contributed by atoms with E-state index in [2.05, 4.69) is 25.2 Å². The van der Waals surface area contributed by atoms with Gasteiger partial charge in [-0.15, -0.1) is 0 Å². The monoisotopic (exact) mass is 356 g/mol. The van der Waals surface area contributed by atoms with Crippen LogP contribution >= 0.6 is 0 Å². The van der Waals surface area contributed by atoms with E-state index in [0.717, 1.165) is 18.7 Å². The van der Waals surface area contributed by atoms with Crippen molar-refractivity contribution in [1.29, 1.82) is 0 Å². The summed E-state index contributed by atoms with van der Waals surface area (Å²) in [4.78, 5) is 29.4. The maximum absolute atomic E-state index is 12.7. The predicted molar refractivity (Wildman–Crippen MR) is 99.4 cm³/mol. The number of carbonyl (C=O) groups is 1. The number of pyridine rings is 1. The number of hydrogen-bond acceptors (Lipinski definition) is 7. The summed E-state index contributed by atoms with van der Waals surface area (Å²) in [6, 6.07) is 5.47. The highest BCUT2D eigenvalue weighted by atomic mass is 16.5. The minimum absolute atomic E-state index is 0.0424. The smallest absolute Gasteiger partial charge is 0.272 e. The summed E-state index contributed by atoms with van der Waals surface area (Å²) in [5.41, 5.74) is 1.36. The quantitative estimate of drug-likeness (QED) is 0.748. The van der Waals surface area contributed by atoms with E-state index in [9.17, 15) is 4.79 Å². The van der Waals surface area contributed by atoms with Crippen LogP contribution in [0, 0.1) is 0 Å². The first-order valence-corrected chi connectivity index (χ1v) is 8.78. The molecule has 1 fully saturated rings. The van der Waals surface area contributed by atoms with Gasteiger partial charge in [0.25, 0.3) is 5.91 Å². The Morgan fingerprint density at radius 3 is 2.65 bits per heavy atom. The Hall–Kier alpha value is -2.74. The third-order valence-electron chi connectivity index (χ3n) is 4.24. The molecule has 138 valence electrons. The lowest BCUT2D eigenvalue weighted by molar-refractivity contribution is 0.0740. The van der Waals surface area contributed by atoms with Gasteiger partial charge >= 0.3 is 0 Å². The molecule has 0 aliphatic carbocycles. The summed E-state index contributed by atoms with van der Waals surface area (Å²) < 4.78 is 5.04. The largest absolute Gasteiger partial charge is 0.385 e. The fraction of sp³-hybridized carbons (Fsp3) is 0.444. The summed E-state index contributed by atoms with van der Waals surface area (Å²) in [6.45, 7) is 4.18. The van der Waals surface area contributed by atoms with Crippen molar-refractivity contribution in [3.63, 3.8) is 0 Å². The topological polar surface area (TPSA) is 83.5 Å². The van der Waals surface area contributed by atoms with E-state index < -0.39 is 0 Å². The first kappa shape index (κ1) is 18.1. The zero-order chi connectivity index (χ0) is 18.2. The average Bonchev–Trinajstić information content (AvgIpc) is 2.72. The molecular formula is C18H24N6O2. The van der Waals surface area contributed by atoms with Crippen molar-refractivity contribution in [2.45, 2.75) is 6.42 Å². The van der Waals surface area contributed by atoms with Gasteiger partial charge in [-0.3, -0.25) is 9.78 Å². The third kappa shape index (κ3) is 4.66. The number of rotatable bonds is 7. The molecule has 1 saturated heterocycles. The molecule has 3 rings (SSSR count). The molecule has 0 spiro atoms. The molecule has 0 radical (unpaired) electrons. The number of ether oxygens (including phenoxy) is 1. The fourth-order valence-corrected chi connectivity index (χ4v) is 2.83. The van der Waals surface area contributed by atoms with E-state index in [4.69, 9.17) is 4.74 Å². The van der Waals surface area contributed by atoms with Gasteiger partial charge in [0.1, 0.15) is 5.69 Å². The number of methoxy groups -OCH3 is 1. The third-order valence-corrected chi connectivity index (χ3v) is 4.24. The van der Waals surface area contributed by atoms with Gasteiger partial charge in [-0.25, -0.2) is 9.97 Å². The minimum atomic E-state index is -0.0424. The SMILES string of the molecule is COCCCNc1ccnc(C(=O)N2CCN(c3ncccn3)CC2)c1. The maximum Gasteiger partial charge on any atom is 0.272 e. The summed E-state index contributed by atoms with van der Waals surface area (Å²) in [6.07, 6.45) is 6.04. The molecule has 2 aromatic rings. The van der Waals surface area contributed by atoms with E-state index in [-0.39, 0.29) is 5.91 Å². The summed E-state index contributed by atoms with van der Waals surface area (Å²) in [5.74, 6) is 0.666. The lowest BCUT2D eigenvalue weighted by Crippen LogP contribution is -2.49. The summed E-state index contributed by atoms with van der Waals surface area (Å²) in [7, 11) is 1.69. The van der Waals surface area contributed by atoms with Gasteiger partial charge in [-0.1, -0.05) is 0 Å². The number of piperazine rings is 1. The Morgan fingerprint density at radius 1 is 1.15 bits per heavy atom. The van der Waals surface area contributed by atoms with Gasteiger partial charge in [0.05, 0.1) is 0 Å². The van der Waals surface area contributed by atoms with Crippen molar-refractivity contribution in [2.24, 2.45) is 0 Å². The normalized spacial score (nSPS) is 14.3. The zero-order valence-electron chi connectivity index (χ0n) is 15.0. The van der Waals surface area contributed by atoms with Crippen LogP contribution in [-0.2, 0) is 4.74 Å². The number of carbonyl (C=O) groups excluding carboxylic acids is 1. The van der Waals surface area contributed by atoms with Crippen LogP contribution in [-0.4, -0.2) is 72.2 Å². The number of aromatic nitrogens is 3. The number of anilines is 2. The summed E-state index contributed by atoms with van der Waals surface area (Å²) in [5, 5.41) is 3.29. The average molecular weight is 356 g/mol. The first-order chi connectivity index (χ1) is 12.8. The second kappa shape index (κ2) is 9.10. The lowest BCUT2D eigenvalue weighted by atomic mass is 10.2. The second-order valence-corrected chi connectivity index (χ2v) is 6.03. The van der Waals surface area contributed by atoms with Gasteiger partial charge in [0, 0.05) is 70.7 Å². The van der Waals surface area contributed by atoms with Crippen LogP contribution in [0.4, 0.5) is 11.6 Å². The van der Waals surface area contributed by atoms with Crippen molar-refractivity contribution in [3.8, 4) is 0 Å². The first-order valence-electron chi connectivity index (χ1n) is 8.78. The summed E-state index contributed by atoms with van der Waals surface area (Å²) >= 11 is 0. The Morgan fingerprint density at radius 2 is 1.92 bits per heavy atom. The van der Waals surface area contributed by atoms with E-state index in [1.54, 1.807) is 31.8 Å². The number of nitrogens with one attached hydrogen (secondary N) is 1. The van der Waals surface area contributed by atoms with Crippen LogP contribution in [0.2, 0.25) is 0 Å². The minimum Gasteiger partial charge on any atom is -0.385 e. The Labute approximate surface area is 153 Å². The Balaban J connectivity index is 1.55. The highest BCUT2D eigenvalue weighted by Gasteiger charge is 2.24. The van der Waals surface area contributed by atoms with Gasteiger partial charge in [-0.05, 0) is 24.6 Å². The molecular weight excluding hydrogens is 332 g/mol. The number of nitrogens with zero attached hydrogens (tertiary/aromatic N) is 5. The molecule has 8 nitrogen and oxygen atoms in total. The van der Waals surface area contributed by atoms with Crippen molar-refractivity contribution in [3.05, 3.63) is 42.5 Å². The molecule has 1 aliphatic rings. The number of hydrogen-bond donors (Lipinski definition) is 1. The Bertz CT molecular complexity index is 704. The van der Waals surface area contributed by atoms with Gasteiger partial charge in [-0.2, -0.15) is 0 Å². The molecule has 1 aliphatic heterocycles.